The molecule has 16 heavy (non-hydrogen) atoms. The molecule has 82 valence electrons. The average molecular weight is 235 g/mol. The van der Waals surface area contributed by atoms with Crippen LogP contribution >= 0.6 is 11.6 Å². The second-order valence-electron chi connectivity index (χ2n) is 3.39. The van der Waals surface area contributed by atoms with Gasteiger partial charge >= 0.3 is 0 Å². The standard InChI is InChI=1S/C11H11ClN4/c1-7-13-8(2)15-11(14-7)16-10-5-3-9(12)4-6-10/h3-6H,1-2H3,(H,13,14,15,16). The Morgan fingerprint density at radius 3 is 2.06 bits per heavy atom. The van der Waals surface area contributed by atoms with Crippen LogP contribution in [0, 0.1) is 13.8 Å². The van der Waals surface area contributed by atoms with Crippen LogP contribution in [0.4, 0.5) is 11.6 Å². The van der Waals surface area contributed by atoms with E-state index in [1.165, 1.54) is 0 Å². The zero-order valence-electron chi connectivity index (χ0n) is 9.03. The van der Waals surface area contributed by atoms with Gasteiger partial charge in [-0.05, 0) is 38.1 Å². The summed E-state index contributed by atoms with van der Waals surface area (Å²) in [7, 11) is 0. The van der Waals surface area contributed by atoms with Crippen LogP contribution in [-0.4, -0.2) is 15.0 Å². The van der Waals surface area contributed by atoms with Gasteiger partial charge < -0.3 is 5.32 Å². The van der Waals surface area contributed by atoms with E-state index in [0.29, 0.717) is 22.6 Å². The molecule has 1 aromatic heterocycles. The highest BCUT2D eigenvalue weighted by Gasteiger charge is 2.00. The molecular formula is C11H11ClN4. The SMILES string of the molecule is Cc1nc(C)nc(Nc2ccc(Cl)cc2)n1. The Morgan fingerprint density at radius 2 is 1.50 bits per heavy atom. The summed E-state index contributed by atoms with van der Waals surface area (Å²) in [5.41, 5.74) is 0.898. The van der Waals surface area contributed by atoms with Crippen molar-refractivity contribution in [2.45, 2.75) is 13.8 Å². The highest BCUT2D eigenvalue weighted by Crippen LogP contribution is 2.16. The minimum Gasteiger partial charge on any atom is -0.324 e. The molecule has 0 aliphatic carbocycles. The minimum absolute atomic E-state index is 0.548. The van der Waals surface area contributed by atoms with Crippen LogP contribution in [0.1, 0.15) is 11.6 Å². The molecule has 0 unspecified atom stereocenters. The highest BCUT2D eigenvalue weighted by atomic mass is 35.5. The molecule has 4 nitrogen and oxygen atoms in total. The molecule has 0 amide bonds. The molecule has 0 saturated heterocycles. The van der Waals surface area contributed by atoms with Crippen molar-refractivity contribution in [2.24, 2.45) is 0 Å². The number of anilines is 2. The smallest absolute Gasteiger partial charge is 0.230 e. The van der Waals surface area contributed by atoms with Crippen molar-refractivity contribution in [3.63, 3.8) is 0 Å². The second-order valence-corrected chi connectivity index (χ2v) is 3.82. The van der Waals surface area contributed by atoms with Crippen molar-refractivity contribution in [1.82, 2.24) is 15.0 Å². The Bertz CT molecular complexity index is 476. The predicted octanol–water partition coefficient (Wildman–Crippen LogP) is 2.89. The first-order chi connectivity index (χ1) is 7.63. The van der Waals surface area contributed by atoms with E-state index in [0.717, 1.165) is 5.69 Å². The summed E-state index contributed by atoms with van der Waals surface area (Å²) in [5, 5.41) is 3.79. The van der Waals surface area contributed by atoms with Crippen molar-refractivity contribution in [3.05, 3.63) is 40.9 Å². The molecular weight excluding hydrogens is 224 g/mol. The number of halogens is 1. The van der Waals surface area contributed by atoms with Gasteiger partial charge in [0.2, 0.25) is 5.95 Å². The molecule has 1 aromatic carbocycles. The van der Waals surface area contributed by atoms with Crippen molar-refractivity contribution in [3.8, 4) is 0 Å². The maximum absolute atomic E-state index is 5.80. The largest absolute Gasteiger partial charge is 0.324 e. The average Bonchev–Trinajstić information content (AvgIpc) is 2.20. The second kappa shape index (κ2) is 4.45. The molecule has 2 aromatic rings. The number of rotatable bonds is 2. The van der Waals surface area contributed by atoms with E-state index in [9.17, 15) is 0 Å². The topological polar surface area (TPSA) is 50.7 Å². The molecule has 0 aliphatic rings. The van der Waals surface area contributed by atoms with Crippen LogP contribution in [0.5, 0.6) is 0 Å². The van der Waals surface area contributed by atoms with Crippen LogP contribution in [0.2, 0.25) is 5.02 Å². The van der Waals surface area contributed by atoms with Gasteiger partial charge in [0.1, 0.15) is 11.6 Å². The highest BCUT2D eigenvalue weighted by molar-refractivity contribution is 6.30. The van der Waals surface area contributed by atoms with Gasteiger partial charge in [0.05, 0.1) is 0 Å². The van der Waals surface area contributed by atoms with Crippen LogP contribution in [0.25, 0.3) is 0 Å². The predicted molar refractivity (Wildman–Crippen MR) is 64.0 cm³/mol. The van der Waals surface area contributed by atoms with E-state index in [1.807, 2.05) is 38.1 Å². The lowest BCUT2D eigenvalue weighted by atomic mass is 10.3. The van der Waals surface area contributed by atoms with Crippen molar-refractivity contribution in [1.29, 1.82) is 0 Å². The van der Waals surface area contributed by atoms with Gasteiger partial charge in [0, 0.05) is 10.7 Å². The maximum atomic E-state index is 5.80. The Labute approximate surface area is 98.7 Å². The molecule has 0 fully saturated rings. The van der Waals surface area contributed by atoms with Gasteiger partial charge in [-0.25, -0.2) is 4.98 Å². The van der Waals surface area contributed by atoms with Crippen molar-refractivity contribution >= 4 is 23.2 Å². The fourth-order valence-electron chi connectivity index (χ4n) is 1.33. The number of benzene rings is 1. The molecule has 0 saturated carbocycles. The van der Waals surface area contributed by atoms with Crippen LogP contribution in [0.3, 0.4) is 0 Å². The summed E-state index contributed by atoms with van der Waals surface area (Å²) in [6.45, 7) is 3.67. The lowest BCUT2D eigenvalue weighted by molar-refractivity contribution is 0.928. The number of hydrogen-bond acceptors (Lipinski definition) is 4. The van der Waals surface area contributed by atoms with Gasteiger partial charge in [-0.3, -0.25) is 0 Å². The number of aryl methyl sites for hydroxylation is 2. The van der Waals surface area contributed by atoms with E-state index in [-0.39, 0.29) is 0 Å². The molecule has 0 radical (unpaired) electrons. The van der Waals surface area contributed by atoms with Gasteiger partial charge in [-0.15, -0.1) is 0 Å². The van der Waals surface area contributed by atoms with E-state index in [2.05, 4.69) is 20.3 Å². The summed E-state index contributed by atoms with van der Waals surface area (Å²) < 4.78 is 0. The number of hydrogen-bond donors (Lipinski definition) is 1. The molecule has 0 bridgehead atoms. The lowest BCUT2D eigenvalue weighted by Crippen LogP contribution is -2.02. The third-order valence-electron chi connectivity index (χ3n) is 1.96. The molecule has 0 atom stereocenters. The number of nitrogens with one attached hydrogen (secondary N) is 1. The quantitative estimate of drug-likeness (QED) is 0.868. The van der Waals surface area contributed by atoms with Crippen LogP contribution < -0.4 is 5.32 Å². The van der Waals surface area contributed by atoms with Crippen molar-refractivity contribution < 1.29 is 0 Å². The molecule has 2 rings (SSSR count). The zero-order chi connectivity index (χ0) is 11.5. The molecule has 1 N–H and O–H groups in total. The first-order valence-corrected chi connectivity index (χ1v) is 5.23. The van der Waals surface area contributed by atoms with Gasteiger partial charge in [-0.2, -0.15) is 9.97 Å². The maximum Gasteiger partial charge on any atom is 0.230 e. The van der Waals surface area contributed by atoms with Gasteiger partial charge in [-0.1, -0.05) is 11.6 Å². The van der Waals surface area contributed by atoms with Crippen LogP contribution in [-0.2, 0) is 0 Å². The Hall–Kier alpha value is -1.68. The molecule has 0 aliphatic heterocycles. The summed E-state index contributed by atoms with van der Waals surface area (Å²) in [6, 6.07) is 7.36. The van der Waals surface area contributed by atoms with E-state index in [4.69, 9.17) is 11.6 Å². The first-order valence-electron chi connectivity index (χ1n) is 4.85. The van der Waals surface area contributed by atoms with Gasteiger partial charge in [0.25, 0.3) is 0 Å². The van der Waals surface area contributed by atoms with E-state index < -0.39 is 0 Å². The summed E-state index contributed by atoms with van der Waals surface area (Å²) in [4.78, 5) is 12.5. The summed E-state index contributed by atoms with van der Waals surface area (Å²) in [5.74, 6) is 1.94. The fraction of sp³-hybridized carbons (Fsp3) is 0.182. The fourth-order valence-corrected chi connectivity index (χ4v) is 1.46. The number of aromatic nitrogens is 3. The number of nitrogens with zero attached hydrogens (tertiary/aromatic N) is 3. The first kappa shape index (κ1) is 10.8. The Balaban J connectivity index is 2.23. The Morgan fingerprint density at radius 1 is 0.938 bits per heavy atom. The minimum atomic E-state index is 0.548. The third-order valence-corrected chi connectivity index (χ3v) is 2.21. The zero-order valence-corrected chi connectivity index (χ0v) is 9.78. The summed E-state index contributed by atoms with van der Waals surface area (Å²) >= 11 is 5.80. The molecule has 1 heterocycles. The Kier molecular flexibility index (Phi) is 3.01. The van der Waals surface area contributed by atoms with E-state index in [1.54, 1.807) is 0 Å². The third kappa shape index (κ3) is 2.67. The normalized spacial score (nSPS) is 10.2. The van der Waals surface area contributed by atoms with Crippen LogP contribution in [0.15, 0.2) is 24.3 Å². The van der Waals surface area contributed by atoms with Gasteiger partial charge in [0.15, 0.2) is 0 Å². The summed E-state index contributed by atoms with van der Waals surface area (Å²) in [6.07, 6.45) is 0. The van der Waals surface area contributed by atoms with Crippen molar-refractivity contribution in [2.75, 3.05) is 5.32 Å². The molecule has 0 spiro atoms. The monoisotopic (exact) mass is 234 g/mol. The lowest BCUT2D eigenvalue weighted by Gasteiger charge is -2.05. The molecule has 5 heteroatoms. The van der Waals surface area contributed by atoms with E-state index >= 15 is 0 Å².